The molecule has 0 saturated carbocycles. The third-order valence-corrected chi connectivity index (χ3v) is 8.21. The van der Waals surface area contributed by atoms with Crippen LogP contribution in [0.5, 0.6) is 11.6 Å². The van der Waals surface area contributed by atoms with Crippen LogP contribution in [0.25, 0.3) is 32.8 Å². The molecular formula is C40H31FN2O5. The lowest BCUT2D eigenvalue weighted by molar-refractivity contribution is -0.236. The standard InChI is InChI=1S/C40H31FN2O5/c1-2-46-48-40(45)31-17-10-9-16-30(31)34-32-18-11-23-42-36(32)38(47-37(27-12-5-3-6-13-27)28-14-7-4-8-15-28)35-33(34)25-43(39(35)44)24-26-19-21-29(41)22-20-26/h3-23,25,37,44H,2,24H2,1H3. The molecule has 0 atom stereocenters. The van der Waals surface area contributed by atoms with Crippen molar-refractivity contribution in [3.8, 4) is 22.8 Å². The van der Waals surface area contributed by atoms with Gasteiger partial charge in [-0.3, -0.25) is 9.87 Å². The zero-order chi connectivity index (χ0) is 33.0. The molecule has 7 rings (SSSR count). The van der Waals surface area contributed by atoms with Crippen LogP contribution in [-0.2, 0) is 16.3 Å². The Hall–Kier alpha value is -5.99. The number of aromatic nitrogens is 2. The van der Waals surface area contributed by atoms with E-state index in [9.17, 15) is 14.3 Å². The minimum atomic E-state index is -0.652. The summed E-state index contributed by atoms with van der Waals surface area (Å²) in [6.07, 6.45) is 2.96. The number of aromatic hydroxyl groups is 1. The zero-order valence-corrected chi connectivity index (χ0v) is 26.0. The molecular weight excluding hydrogens is 607 g/mol. The Morgan fingerprint density at radius 2 is 1.50 bits per heavy atom. The first kappa shape index (κ1) is 30.7. The van der Waals surface area contributed by atoms with E-state index in [2.05, 4.69) is 0 Å². The number of hydrogen-bond acceptors (Lipinski definition) is 6. The van der Waals surface area contributed by atoms with E-state index < -0.39 is 12.1 Å². The molecule has 0 unspecified atom stereocenters. The molecule has 0 bridgehead atoms. The zero-order valence-electron chi connectivity index (χ0n) is 26.0. The van der Waals surface area contributed by atoms with Gasteiger partial charge in [-0.15, -0.1) is 0 Å². The molecule has 0 saturated heterocycles. The summed E-state index contributed by atoms with van der Waals surface area (Å²) in [5.74, 6) is -0.681. The van der Waals surface area contributed by atoms with Gasteiger partial charge in [0.2, 0.25) is 5.88 Å². The molecule has 5 aromatic carbocycles. The van der Waals surface area contributed by atoms with E-state index in [0.29, 0.717) is 38.6 Å². The number of carbonyl (C=O) groups is 1. The highest BCUT2D eigenvalue weighted by molar-refractivity contribution is 6.19. The average Bonchev–Trinajstić information content (AvgIpc) is 3.45. The second-order valence-electron chi connectivity index (χ2n) is 11.2. The number of carbonyl (C=O) groups excluding carboxylic acids is 1. The van der Waals surface area contributed by atoms with Crippen LogP contribution in [0.15, 0.2) is 134 Å². The highest BCUT2D eigenvalue weighted by atomic mass is 19.1. The molecule has 2 aromatic heterocycles. The summed E-state index contributed by atoms with van der Waals surface area (Å²) in [5, 5.41) is 13.8. The second kappa shape index (κ2) is 13.4. The molecule has 48 heavy (non-hydrogen) atoms. The van der Waals surface area contributed by atoms with Gasteiger partial charge in [-0.1, -0.05) is 97.1 Å². The van der Waals surface area contributed by atoms with Crippen LogP contribution < -0.4 is 4.74 Å². The highest BCUT2D eigenvalue weighted by Crippen LogP contribution is 2.49. The van der Waals surface area contributed by atoms with E-state index in [1.165, 1.54) is 12.1 Å². The Bertz CT molecular complexity index is 2180. The lowest BCUT2D eigenvalue weighted by Crippen LogP contribution is -2.10. The van der Waals surface area contributed by atoms with Crippen LogP contribution in [-0.4, -0.2) is 27.2 Å². The first-order chi connectivity index (χ1) is 23.5. The van der Waals surface area contributed by atoms with Gasteiger partial charge >= 0.3 is 5.97 Å². The van der Waals surface area contributed by atoms with Crippen molar-refractivity contribution >= 4 is 27.6 Å². The third kappa shape index (κ3) is 5.85. The quantitative estimate of drug-likeness (QED) is 0.119. The van der Waals surface area contributed by atoms with Gasteiger partial charge in [0.1, 0.15) is 17.4 Å². The molecule has 0 radical (unpaired) electrons. The molecule has 8 heteroatoms. The number of pyridine rings is 1. The summed E-state index contributed by atoms with van der Waals surface area (Å²) >= 11 is 0. The van der Waals surface area contributed by atoms with Crippen molar-refractivity contribution < 1.29 is 28.8 Å². The smallest absolute Gasteiger partial charge is 0.373 e. The Kier molecular flexibility index (Phi) is 8.55. The SMILES string of the molecule is CCOOC(=O)c1ccccc1-c1c2cccnc2c(OC(c2ccccc2)c2ccccc2)c2c(O)n(Cc3ccc(F)cc3)cc12. The maximum Gasteiger partial charge on any atom is 0.373 e. The summed E-state index contributed by atoms with van der Waals surface area (Å²) < 4.78 is 22.5. The van der Waals surface area contributed by atoms with Gasteiger partial charge in [-0.25, -0.2) is 9.18 Å². The summed E-state index contributed by atoms with van der Waals surface area (Å²) in [6.45, 7) is 2.17. The predicted octanol–water partition coefficient (Wildman–Crippen LogP) is 9.03. The molecule has 238 valence electrons. The molecule has 0 fully saturated rings. The van der Waals surface area contributed by atoms with Gasteiger partial charge in [0.15, 0.2) is 5.75 Å². The average molecular weight is 639 g/mol. The molecule has 1 N–H and O–H groups in total. The fourth-order valence-corrected chi connectivity index (χ4v) is 6.06. The first-order valence-corrected chi connectivity index (χ1v) is 15.6. The van der Waals surface area contributed by atoms with E-state index in [1.807, 2.05) is 91.1 Å². The third-order valence-electron chi connectivity index (χ3n) is 8.21. The van der Waals surface area contributed by atoms with E-state index in [0.717, 1.165) is 16.7 Å². The lowest BCUT2D eigenvalue weighted by Gasteiger charge is -2.23. The van der Waals surface area contributed by atoms with Crippen molar-refractivity contribution in [3.05, 3.63) is 162 Å². The molecule has 0 aliphatic rings. The van der Waals surface area contributed by atoms with Crippen molar-refractivity contribution in [2.45, 2.75) is 19.6 Å². The number of rotatable bonds is 10. The number of hydrogen-bond donors (Lipinski definition) is 1. The van der Waals surface area contributed by atoms with E-state index in [-0.39, 0.29) is 30.4 Å². The number of ether oxygens (including phenoxy) is 1. The molecule has 0 aliphatic carbocycles. The van der Waals surface area contributed by atoms with Gasteiger partial charge in [0.25, 0.3) is 0 Å². The molecule has 0 aliphatic heterocycles. The van der Waals surface area contributed by atoms with Gasteiger partial charge in [-0.2, -0.15) is 4.89 Å². The van der Waals surface area contributed by atoms with Crippen molar-refractivity contribution in [2.75, 3.05) is 6.61 Å². The molecule has 0 amide bonds. The van der Waals surface area contributed by atoms with E-state index in [1.54, 1.807) is 42.0 Å². The monoisotopic (exact) mass is 638 g/mol. The van der Waals surface area contributed by atoms with Gasteiger partial charge < -0.3 is 14.4 Å². The van der Waals surface area contributed by atoms with E-state index >= 15 is 0 Å². The van der Waals surface area contributed by atoms with Gasteiger partial charge in [0, 0.05) is 28.7 Å². The predicted molar refractivity (Wildman–Crippen MR) is 182 cm³/mol. The van der Waals surface area contributed by atoms with Crippen molar-refractivity contribution in [1.82, 2.24) is 9.55 Å². The molecule has 0 spiro atoms. The Morgan fingerprint density at radius 1 is 0.833 bits per heavy atom. The maximum absolute atomic E-state index is 13.8. The fourth-order valence-electron chi connectivity index (χ4n) is 6.06. The van der Waals surface area contributed by atoms with Crippen LogP contribution in [0.2, 0.25) is 0 Å². The second-order valence-corrected chi connectivity index (χ2v) is 11.2. The minimum Gasteiger partial charge on any atom is -0.494 e. The molecule has 7 nitrogen and oxygen atoms in total. The van der Waals surface area contributed by atoms with E-state index in [4.69, 9.17) is 19.5 Å². The lowest BCUT2D eigenvalue weighted by atomic mass is 9.92. The number of fused-ring (bicyclic) bond motifs is 2. The highest BCUT2D eigenvalue weighted by Gasteiger charge is 2.28. The number of nitrogens with zero attached hydrogens (tertiary/aromatic N) is 2. The Morgan fingerprint density at radius 3 is 2.19 bits per heavy atom. The van der Waals surface area contributed by atoms with Crippen LogP contribution in [0, 0.1) is 5.82 Å². The summed E-state index contributed by atoms with van der Waals surface area (Å²) in [7, 11) is 0. The van der Waals surface area contributed by atoms with Crippen LogP contribution in [0.3, 0.4) is 0 Å². The first-order valence-electron chi connectivity index (χ1n) is 15.6. The van der Waals surface area contributed by atoms with Gasteiger partial charge in [0.05, 0.1) is 24.1 Å². The topological polar surface area (TPSA) is 82.8 Å². The minimum absolute atomic E-state index is 0.0626. The van der Waals surface area contributed by atoms with Gasteiger partial charge in [-0.05, 0) is 53.4 Å². The van der Waals surface area contributed by atoms with Crippen LogP contribution in [0.4, 0.5) is 4.39 Å². The number of benzene rings is 5. The Balaban J connectivity index is 1.52. The summed E-state index contributed by atoms with van der Waals surface area (Å²) in [5.41, 5.74) is 4.62. The molecule has 7 aromatic rings. The molecule has 2 heterocycles. The van der Waals surface area contributed by atoms with Crippen LogP contribution >= 0.6 is 0 Å². The fraction of sp³-hybridized carbons (Fsp3) is 0.100. The summed E-state index contributed by atoms with van der Waals surface area (Å²) in [4.78, 5) is 28.2. The van der Waals surface area contributed by atoms with Crippen molar-refractivity contribution in [1.29, 1.82) is 0 Å². The number of halogens is 1. The van der Waals surface area contributed by atoms with Crippen molar-refractivity contribution in [2.24, 2.45) is 0 Å². The summed E-state index contributed by atoms with van der Waals surface area (Å²) in [6, 6.07) is 36.7. The van der Waals surface area contributed by atoms with Crippen LogP contribution in [0.1, 0.15) is 40.1 Å². The maximum atomic E-state index is 13.8. The normalized spacial score (nSPS) is 11.3. The van der Waals surface area contributed by atoms with Crippen molar-refractivity contribution in [3.63, 3.8) is 0 Å². The Labute approximate surface area is 276 Å². The largest absolute Gasteiger partial charge is 0.494 e.